The summed E-state index contributed by atoms with van der Waals surface area (Å²) in [7, 11) is 0. The Hall–Kier alpha value is -0.970. The first-order valence-corrected chi connectivity index (χ1v) is 7.42. The van der Waals surface area contributed by atoms with Crippen molar-refractivity contribution in [3.05, 3.63) is 28.8 Å². The molecule has 3 nitrogen and oxygen atoms in total. The zero-order valence-electron chi connectivity index (χ0n) is 10.8. The zero-order chi connectivity index (χ0) is 12.4. The average Bonchev–Trinajstić information content (AvgIpc) is 2.56. The number of rotatable bonds is 2. The molecule has 1 aliphatic rings. The number of fused-ring (bicyclic) bond motifs is 1. The fourth-order valence-electron chi connectivity index (χ4n) is 2.50. The molecule has 2 aromatic rings. The predicted molar refractivity (Wildman–Crippen MR) is 77.1 cm³/mol. The number of nitrogens with one attached hydrogen (secondary N) is 1. The third-order valence-electron chi connectivity index (χ3n) is 3.40. The lowest BCUT2D eigenvalue weighted by molar-refractivity contribution is 0.284. The molecule has 0 saturated carbocycles. The van der Waals surface area contributed by atoms with Crippen LogP contribution in [-0.2, 0) is 6.54 Å². The molecule has 0 radical (unpaired) electrons. The number of nitrogens with zero attached hydrogens (tertiary/aromatic N) is 2. The highest BCUT2D eigenvalue weighted by atomic mass is 32.1. The van der Waals surface area contributed by atoms with Gasteiger partial charge in [-0.05, 0) is 44.1 Å². The molecule has 1 aromatic heterocycles. The van der Waals surface area contributed by atoms with Gasteiger partial charge in [-0.3, -0.25) is 4.90 Å². The van der Waals surface area contributed by atoms with Crippen LogP contribution in [0.3, 0.4) is 0 Å². The van der Waals surface area contributed by atoms with E-state index in [2.05, 4.69) is 40.3 Å². The van der Waals surface area contributed by atoms with E-state index in [4.69, 9.17) is 0 Å². The minimum Gasteiger partial charge on any atom is -0.315 e. The fraction of sp³-hybridized carbons (Fsp3) is 0.500. The van der Waals surface area contributed by atoms with Gasteiger partial charge in [-0.1, -0.05) is 6.07 Å². The zero-order valence-corrected chi connectivity index (χ0v) is 11.6. The first-order valence-electron chi connectivity index (χ1n) is 6.60. The number of thiazole rings is 1. The summed E-state index contributed by atoms with van der Waals surface area (Å²) in [6, 6.07) is 6.71. The SMILES string of the molecule is Cc1nc2cc(CN3CCCNCC3)ccc2s1. The summed E-state index contributed by atoms with van der Waals surface area (Å²) in [5.74, 6) is 0. The molecule has 2 heterocycles. The minimum absolute atomic E-state index is 1.05. The quantitative estimate of drug-likeness (QED) is 0.900. The maximum Gasteiger partial charge on any atom is 0.0907 e. The van der Waals surface area contributed by atoms with Crippen molar-refractivity contribution >= 4 is 21.6 Å². The fourth-order valence-corrected chi connectivity index (χ4v) is 3.31. The van der Waals surface area contributed by atoms with Crippen molar-refractivity contribution in [2.24, 2.45) is 0 Å². The maximum atomic E-state index is 4.57. The van der Waals surface area contributed by atoms with Gasteiger partial charge in [-0.25, -0.2) is 4.98 Å². The standard InChI is InChI=1S/C14H19N3S/c1-11-16-13-9-12(3-4-14(13)18-11)10-17-7-2-5-15-6-8-17/h3-4,9,15H,2,5-8,10H2,1H3. The van der Waals surface area contributed by atoms with Crippen molar-refractivity contribution in [3.63, 3.8) is 0 Å². The molecule has 4 heteroatoms. The van der Waals surface area contributed by atoms with Crippen molar-refractivity contribution < 1.29 is 0 Å². The molecule has 3 rings (SSSR count). The lowest BCUT2D eigenvalue weighted by Gasteiger charge is -2.19. The molecule has 0 spiro atoms. The normalized spacial score (nSPS) is 18.1. The van der Waals surface area contributed by atoms with Gasteiger partial charge in [0.2, 0.25) is 0 Å². The van der Waals surface area contributed by atoms with Crippen molar-refractivity contribution in [2.45, 2.75) is 19.9 Å². The number of benzene rings is 1. The Morgan fingerprint density at radius 1 is 1.33 bits per heavy atom. The molecule has 0 bridgehead atoms. The molecule has 0 amide bonds. The second-order valence-electron chi connectivity index (χ2n) is 4.91. The van der Waals surface area contributed by atoms with Gasteiger partial charge >= 0.3 is 0 Å². The molecule has 96 valence electrons. The van der Waals surface area contributed by atoms with Crippen LogP contribution in [0.5, 0.6) is 0 Å². The van der Waals surface area contributed by atoms with Gasteiger partial charge in [0.05, 0.1) is 15.2 Å². The van der Waals surface area contributed by atoms with E-state index in [1.165, 1.54) is 23.2 Å². The summed E-state index contributed by atoms with van der Waals surface area (Å²) in [6.07, 6.45) is 1.25. The van der Waals surface area contributed by atoms with Crippen molar-refractivity contribution in [2.75, 3.05) is 26.2 Å². The summed E-state index contributed by atoms with van der Waals surface area (Å²) in [6.45, 7) is 7.73. The number of aryl methyl sites for hydroxylation is 1. The van der Waals surface area contributed by atoms with Crippen LogP contribution in [0.4, 0.5) is 0 Å². The highest BCUT2D eigenvalue weighted by molar-refractivity contribution is 7.18. The van der Waals surface area contributed by atoms with E-state index in [0.29, 0.717) is 0 Å². The molecule has 0 atom stereocenters. The van der Waals surface area contributed by atoms with Crippen LogP contribution in [0, 0.1) is 6.92 Å². The van der Waals surface area contributed by atoms with Crippen LogP contribution in [-0.4, -0.2) is 36.1 Å². The van der Waals surface area contributed by atoms with Crippen LogP contribution >= 0.6 is 11.3 Å². The lowest BCUT2D eigenvalue weighted by atomic mass is 10.2. The first-order chi connectivity index (χ1) is 8.81. The monoisotopic (exact) mass is 261 g/mol. The Labute approximate surface area is 112 Å². The topological polar surface area (TPSA) is 28.2 Å². The highest BCUT2D eigenvalue weighted by Gasteiger charge is 2.09. The van der Waals surface area contributed by atoms with Crippen molar-refractivity contribution in [1.82, 2.24) is 15.2 Å². The van der Waals surface area contributed by atoms with E-state index >= 15 is 0 Å². The predicted octanol–water partition coefficient (Wildman–Crippen LogP) is 2.40. The number of aromatic nitrogens is 1. The van der Waals surface area contributed by atoms with E-state index < -0.39 is 0 Å². The number of hydrogen-bond acceptors (Lipinski definition) is 4. The number of hydrogen-bond donors (Lipinski definition) is 1. The molecular formula is C14H19N3S. The Morgan fingerprint density at radius 3 is 3.22 bits per heavy atom. The second-order valence-corrected chi connectivity index (χ2v) is 6.15. The van der Waals surface area contributed by atoms with E-state index in [1.807, 2.05) is 0 Å². The molecule has 1 N–H and O–H groups in total. The Morgan fingerprint density at radius 2 is 2.28 bits per heavy atom. The molecule has 1 aliphatic heterocycles. The van der Waals surface area contributed by atoms with Gasteiger partial charge in [0, 0.05) is 19.6 Å². The van der Waals surface area contributed by atoms with Gasteiger partial charge in [0.1, 0.15) is 0 Å². The molecule has 1 saturated heterocycles. The summed E-state index contributed by atoms with van der Waals surface area (Å²) in [4.78, 5) is 7.10. The summed E-state index contributed by atoms with van der Waals surface area (Å²) in [5, 5.41) is 4.60. The third kappa shape index (κ3) is 2.71. The van der Waals surface area contributed by atoms with E-state index in [9.17, 15) is 0 Å². The van der Waals surface area contributed by atoms with Crippen LogP contribution in [0.2, 0.25) is 0 Å². The summed E-state index contributed by atoms with van der Waals surface area (Å²) in [5.41, 5.74) is 2.54. The van der Waals surface area contributed by atoms with Gasteiger partial charge in [-0.2, -0.15) is 0 Å². The second kappa shape index (κ2) is 5.34. The molecule has 0 unspecified atom stereocenters. The van der Waals surface area contributed by atoms with Crippen molar-refractivity contribution in [3.8, 4) is 0 Å². The summed E-state index contributed by atoms with van der Waals surface area (Å²) < 4.78 is 1.30. The van der Waals surface area contributed by atoms with Gasteiger partial charge in [-0.15, -0.1) is 11.3 Å². The smallest absolute Gasteiger partial charge is 0.0907 e. The molecule has 18 heavy (non-hydrogen) atoms. The minimum atomic E-state index is 1.05. The largest absolute Gasteiger partial charge is 0.315 e. The maximum absolute atomic E-state index is 4.57. The molecule has 1 fully saturated rings. The summed E-state index contributed by atoms with van der Waals surface area (Å²) >= 11 is 1.78. The van der Waals surface area contributed by atoms with Gasteiger partial charge < -0.3 is 5.32 Å². The van der Waals surface area contributed by atoms with E-state index in [-0.39, 0.29) is 0 Å². The Balaban J connectivity index is 1.76. The van der Waals surface area contributed by atoms with Crippen LogP contribution in [0.1, 0.15) is 17.0 Å². The van der Waals surface area contributed by atoms with Crippen molar-refractivity contribution in [1.29, 1.82) is 0 Å². The molecule has 0 aliphatic carbocycles. The first kappa shape index (κ1) is 12.1. The van der Waals surface area contributed by atoms with Crippen LogP contribution < -0.4 is 5.32 Å². The van der Waals surface area contributed by atoms with Gasteiger partial charge in [0.15, 0.2) is 0 Å². The average molecular weight is 261 g/mol. The Kier molecular flexibility index (Phi) is 3.59. The Bertz CT molecular complexity index is 527. The third-order valence-corrected chi connectivity index (χ3v) is 4.35. The molecule has 1 aromatic carbocycles. The van der Waals surface area contributed by atoms with E-state index in [0.717, 1.165) is 36.7 Å². The van der Waals surface area contributed by atoms with Crippen LogP contribution in [0.25, 0.3) is 10.2 Å². The van der Waals surface area contributed by atoms with E-state index in [1.54, 1.807) is 11.3 Å². The van der Waals surface area contributed by atoms with Crippen LogP contribution in [0.15, 0.2) is 18.2 Å². The highest BCUT2D eigenvalue weighted by Crippen LogP contribution is 2.23. The molecular weight excluding hydrogens is 242 g/mol. The lowest BCUT2D eigenvalue weighted by Crippen LogP contribution is -2.27. The van der Waals surface area contributed by atoms with Gasteiger partial charge in [0.25, 0.3) is 0 Å².